The van der Waals surface area contributed by atoms with Gasteiger partial charge in [0.15, 0.2) is 0 Å². The number of fused-ring (bicyclic) bond motifs is 1. The number of nitro groups is 1. The molecule has 1 saturated carbocycles. The Labute approximate surface area is 231 Å². The standard InChI is InChI=1S/C30H25Cl2N3O3/c1-19-15-23(17-21-5-10-24(31)11-6-21)29-27(16-19)30(22-8-12-25(32)13-9-22)34(33-29)28(36)14-7-20-3-2-4-26(18-20)35(37)38/h2-14,17-19,27,30H,15-16H2,1H3/b14-7+,23-17+/t19-,27+,30-/m1/s1. The fourth-order valence-corrected chi connectivity index (χ4v) is 5.46. The van der Waals surface area contributed by atoms with Gasteiger partial charge < -0.3 is 0 Å². The van der Waals surface area contributed by atoms with Gasteiger partial charge in [0, 0.05) is 34.2 Å². The van der Waals surface area contributed by atoms with E-state index in [1.807, 2.05) is 48.5 Å². The number of benzene rings is 3. The van der Waals surface area contributed by atoms with Crippen LogP contribution >= 0.6 is 23.2 Å². The van der Waals surface area contributed by atoms with Crippen LogP contribution in [0.25, 0.3) is 12.2 Å². The minimum atomic E-state index is -0.456. The van der Waals surface area contributed by atoms with Crippen molar-refractivity contribution in [3.63, 3.8) is 0 Å². The van der Waals surface area contributed by atoms with E-state index >= 15 is 0 Å². The molecule has 3 aromatic carbocycles. The summed E-state index contributed by atoms with van der Waals surface area (Å²) in [4.78, 5) is 24.2. The lowest BCUT2D eigenvalue weighted by molar-refractivity contribution is -0.384. The van der Waals surface area contributed by atoms with E-state index in [0.29, 0.717) is 21.5 Å². The van der Waals surface area contributed by atoms with Gasteiger partial charge in [0.2, 0.25) is 0 Å². The van der Waals surface area contributed by atoms with Gasteiger partial charge in [-0.3, -0.25) is 14.9 Å². The smallest absolute Gasteiger partial charge is 0.268 e. The molecule has 0 saturated heterocycles. The zero-order valence-corrected chi connectivity index (χ0v) is 22.1. The number of carbonyl (C=O) groups is 1. The van der Waals surface area contributed by atoms with E-state index < -0.39 is 4.92 Å². The molecule has 0 N–H and O–H groups in total. The maximum absolute atomic E-state index is 13.6. The highest BCUT2D eigenvalue weighted by atomic mass is 35.5. The molecule has 2 aliphatic rings. The Bertz CT molecular complexity index is 1460. The number of hydrogen-bond acceptors (Lipinski definition) is 4. The van der Waals surface area contributed by atoms with Gasteiger partial charge in [-0.2, -0.15) is 5.10 Å². The Balaban J connectivity index is 1.52. The molecule has 38 heavy (non-hydrogen) atoms. The minimum Gasteiger partial charge on any atom is -0.268 e. The predicted octanol–water partition coefficient (Wildman–Crippen LogP) is 7.98. The van der Waals surface area contributed by atoms with Crippen LogP contribution in [0.4, 0.5) is 5.69 Å². The lowest BCUT2D eigenvalue weighted by Gasteiger charge is -2.32. The third kappa shape index (κ3) is 5.57. The lowest BCUT2D eigenvalue weighted by atomic mass is 9.73. The first-order valence-electron chi connectivity index (χ1n) is 12.3. The van der Waals surface area contributed by atoms with Gasteiger partial charge in [0.1, 0.15) is 0 Å². The first kappa shape index (κ1) is 25.9. The molecule has 6 nitrogen and oxygen atoms in total. The number of amides is 1. The van der Waals surface area contributed by atoms with Gasteiger partial charge in [-0.05, 0) is 77.4 Å². The van der Waals surface area contributed by atoms with Crippen molar-refractivity contribution in [2.75, 3.05) is 0 Å². The van der Waals surface area contributed by atoms with E-state index in [2.05, 4.69) is 13.0 Å². The van der Waals surface area contributed by atoms with Crippen LogP contribution in [0.1, 0.15) is 42.5 Å². The molecule has 1 fully saturated rings. The average molecular weight is 546 g/mol. The number of nitrogens with zero attached hydrogens (tertiary/aromatic N) is 3. The van der Waals surface area contributed by atoms with Crippen LogP contribution in [0.15, 0.2) is 89.5 Å². The van der Waals surface area contributed by atoms with E-state index in [9.17, 15) is 14.9 Å². The van der Waals surface area contributed by atoms with Crippen molar-refractivity contribution in [3.8, 4) is 0 Å². The molecule has 0 bridgehead atoms. The van der Waals surface area contributed by atoms with Crippen molar-refractivity contribution in [2.24, 2.45) is 16.9 Å². The molecular weight excluding hydrogens is 521 g/mol. The van der Waals surface area contributed by atoms with Crippen molar-refractivity contribution < 1.29 is 9.72 Å². The van der Waals surface area contributed by atoms with E-state index in [1.165, 1.54) is 18.2 Å². The topological polar surface area (TPSA) is 75.8 Å². The molecule has 8 heteroatoms. The van der Waals surface area contributed by atoms with Crippen molar-refractivity contribution >= 4 is 52.7 Å². The van der Waals surface area contributed by atoms with Gasteiger partial charge >= 0.3 is 0 Å². The number of nitro benzene ring substituents is 1. The molecule has 1 heterocycles. The second kappa shape index (κ2) is 10.9. The third-order valence-corrected chi connectivity index (χ3v) is 7.42. The Morgan fingerprint density at radius 3 is 2.39 bits per heavy atom. The van der Waals surface area contributed by atoms with Crippen LogP contribution in [-0.2, 0) is 4.79 Å². The highest BCUT2D eigenvalue weighted by molar-refractivity contribution is 6.30. The normalized spacial score (nSPS) is 22.0. The molecule has 5 rings (SSSR count). The van der Waals surface area contributed by atoms with Crippen molar-refractivity contribution in [2.45, 2.75) is 25.8 Å². The fraction of sp³-hybridized carbons (Fsp3) is 0.200. The van der Waals surface area contributed by atoms with Crippen molar-refractivity contribution in [1.82, 2.24) is 5.01 Å². The molecular formula is C30H25Cl2N3O3. The van der Waals surface area contributed by atoms with Gasteiger partial charge in [-0.15, -0.1) is 0 Å². The quantitative estimate of drug-likeness (QED) is 0.185. The molecule has 1 aliphatic heterocycles. The molecule has 3 atom stereocenters. The summed E-state index contributed by atoms with van der Waals surface area (Å²) in [5.74, 6) is 0.133. The van der Waals surface area contributed by atoms with E-state index in [1.54, 1.807) is 23.2 Å². The summed E-state index contributed by atoms with van der Waals surface area (Å²) in [6.45, 7) is 2.22. The van der Waals surface area contributed by atoms with Gasteiger partial charge in [-0.1, -0.05) is 66.5 Å². The zero-order valence-electron chi connectivity index (χ0n) is 20.6. The fourth-order valence-electron chi connectivity index (χ4n) is 5.21. The van der Waals surface area contributed by atoms with E-state index in [0.717, 1.165) is 35.3 Å². The third-order valence-electron chi connectivity index (χ3n) is 6.91. The maximum Gasteiger partial charge on any atom is 0.270 e. The van der Waals surface area contributed by atoms with E-state index in [-0.39, 0.29) is 23.6 Å². The van der Waals surface area contributed by atoms with Crippen LogP contribution in [0, 0.1) is 22.0 Å². The number of hydrazone groups is 1. The van der Waals surface area contributed by atoms with Crippen LogP contribution < -0.4 is 0 Å². The number of non-ortho nitro benzene ring substituents is 1. The minimum absolute atomic E-state index is 0.0219. The van der Waals surface area contributed by atoms with Crippen molar-refractivity contribution in [1.29, 1.82) is 0 Å². The average Bonchev–Trinajstić information content (AvgIpc) is 3.29. The lowest BCUT2D eigenvalue weighted by Crippen LogP contribution is -2.32. The van der Waals surface area contributed by atoms with Crippen LogP contribution in [0.3, 0.4) is 0 Å². The highest BCUT2D eigenvalue weighted by Crippen LogP contribution is 2.46. The number of halogens is 2. The molecule has 0 aromatic heterocycles. The molecule has 0 radical (unpaired) electrons. The van der Waals surface area contributed by atoms with Crippen LogP contribution in [-0.4, -0.2) is 21.6 Å². The SMILES string of the molecule is C[C@@H]1C/C(=C\c2ccc(Cl)cc2)C2=NN(C(=O)/C=C/c3cccc([N+](=O)[O-])c3)[C@H](c3ccc(Cl)cc3)[C@H]2C1. The van der Waals surface area contributed by atoms with Gasteiger partial charge in [0.25, 0.3) is 11.6 Å². The summed E-state index contributed by atoms with van der Waals surface area (Å²) in [5.41, 5.74) is 4.53. The Hall–Kier alpha value is -3.74. The second-order valence-electron chi connectivity index (χ2n) is 9.72. The van der Waals surface area contributed by atoms with Gasteiger partial charge in [0.05, 0.1) is 16.7 Å². The summed E-state index contributed by atoms with van der Waals surface area (Å²) in [6, 6.07) is 21.1. The Morgan fingerprint density at radius 2 is 1.71 bits per heavy atom. The zero-order chi connectivity index (χ0) is 26.8. The summed E-state index contributed by atoms with van der Waals surface area (Å²) in [7, 11) is 0. The first-order valence-corrected chi connectivity index (χ1v) is 13.1. The number of allylic oxidation sites excluding steroid dienone is 1. The molecule has 0 spiro atoms. The van der Waals surface area contributed by atoms with Crippen molar-refractivity contribution in [3.05, 3.63) is 121 Å². The summed E-state index contributed by atoms with van der Waals surface area (Å²) in [6.07, 6.45) is 6.89. The second-order valence-corrected chi connectivity index (χ2v) is 10.6. The monoisotopic (exact) mass is 545 g/mol. The van der Waals surface area contributed by atoms with Crippen LogP contribution in [0.5, 0.6) is 0 Å². The number of rotatable bonds is 5. The largest absolute Gasteiger partial charge is 0.270 e. The highest BCUT2D eigenvalue weighted by Gasteiger charge is 2.44. The molecule has 1 aliphatic carbocycles. The van der Waals surface area contributed by atoms with Crippen LogP contribution in [0.2, 0.25) is 10.0 Å². The number of carbonyl (C=O) groups excluding carboxylic acids is 1. The van der Waals surface area contributed by atoms with Gasteiger partial charge in [-0.25, -0.2) is 5.01 Å². The molecule has 192 valence electrons. The Kier molecular flexibility index (Phi) is 7.45. The predicted molar refractivity (Wildman–Crippen MR) is 152 cm³/mol. The maximum atomic E-state index is 13.6. The first-order chi connectivity index (χ1) is 18.3. The van der Waals surface area contributed by atoms with E-state index in [4.69, 9.17) is 28.3 Å². The molecule has 0 unspecified atom stereocenters. The summed E-state index contributed by atoms with van der Waals surface area (Å²) in [5, 5.41) is 18.9. The molecule has 1 amide bonds. The summed E-state index contributed by atoms with van der Waals surface area (Å²) < 4.78 is 0. The number of hydrogen-bond donors (Lipinski definition) is 0. The molecule has 3 aromatic rings. The summed E-state index contributed by atoms with van der Waals surface area (Å²) >= 11 is 12.2. The Morgan fingerprint density at radius 1 is 1.03 bits per heavy atom.